The molecule has 148 valence electrons. The highest BCUT2D eigenvalue weighted by atomic mass is 32.2. The maximum absolute atomic E-state index is 13.1. The Kier molecular flexibility index (Phi) is 4.35. The van der Waals surface area contributed by atoms with Crippen LogP contribution in [0.1, 0.15) is 15.9 Å². The minimum Gasteiger partial charge on any atom is -0.497 e. The number of benzene rings is 2. The van der Waals surface area contributed by atoms with E-state index in [0.29, 0.717) is 22.3 Å². The highest BCUT2D eigenvalue weighted by molar-refractivity contribution is 7.91. The largest absolute Gasteiger partial charge is 0.497 e. The van der Waals surface area contributed by atoms with Crippen molar-refractivity contribution in [3.63, 3.8) is 0 Å². The number of aryl methyl sites for hydroxylation is 1. The fourth-order valence-corrected chi connectivity index (χ4v) is 4.46. The zero-order valence-electron chi connectivity index (χ0n) is 15.4. The van der Waals surface area contributed by atoms with Crippen molar-refractivity contribution in [1.82, 2.24) is 19.7 Å². The van der Waals surface area contributed by atoms with Gasteiger partial charge in [-0.2, -0.15) is 5.10 Å². The van der Waals surface area contributed by atoms with Gasteiger partial charge >= 0.3 is 5.97 Å². The molecule has 0 atom stereocenters. The lowest BCUT2D eigenvalue weighted by molar-refractivity contribution is 0.0697. The molecule has 0 bridgehead atoms. The summed E-state index contributed by atoms with van der Waals surface area (Å²) in [5.74, 6) is -0.255. The van der Waals surface area contributed by atoms with Crippen LogP contribution in [-0.4, -0.2) is 46.4 Å². The van der Waals surface area contributed by atoms with E-state index in [1.54, 1.807) is 25.1 Å². The number of rotatable bonds is 5. The number of ether oxygens (including phenoxy) is 1. The fourth-order valence-electron chi connectivity index (χ4n) is 2.96. The van der Waals surface area contributed by atoms with Crippen molar-refractivity contribution in [2.24, 2.45) is 0 Å². The molecule has 29 heavy (non-hydrogen) atoms. The lowest BCUT2D eigenvalue weighted by Gasteiger charge is -2.08. The molecule has 0 saturated heterocycles. The van der Waals surface area contributed by atoms with E-state index < -0.39 is 15.8 Å². The van der Waals surface area contributed by atoms with Crippen LogP contribution >= 0.6 is 0 Å². The Balaban J connectivity index is 1.79. The van der Waals surface area contributed by atoms with Gasteiger partial charge in [-0.15, -0.1) is 0 Å². The molecule has 0 fully saturated rings. The summed E-state index contributed by atoms with van der Waals surface area (Å²) in [5, 5.41) is 13.0. The summed E-state index contributed by atoms with van der Waals surface area (Å²) in [6.07, 6.45) is 2.53. The monoisotopic (exact) mass is 412 g/mol. The van der Waals surface area contributed by atoms with Crippen LogP contribution < -0.4 is 4.74 Å². The van der Waals surface area contributed by atoms with Crippen LogP contribution in [0.3, 0.4) is 0 Å². The normalized spacial score (nSPS) is 11.7. The number of aromatic carboxylic acids is 1. The quantitative estimate of drug-likeness (QED) is 0.516. The molecule has 0 radical (unpaired) electrons. The molecule has 2 aromatic carbocycles. The first-order chi connectivity index (χ1) is 13.8. The molecule has 0 aliphatic rings. The van der Waals surface area contributed by atoms with Crippen molar-refractivity contribution in [1.29, 1.82) is 0 Å². The molecular weight excluding hydrogens is 396 g/mol. The lowest BCUT2D eigenvalue weighted by Crippen LogP contribution is -2.04. The van der Waals surface area contributed by atoms with Crippen molar-refractivity contribution in [2.45, 2.75) is 16.7 Å². The molecule has 4 rings (SSSR count). The summed E-state index contributed by atoms with van der Waals surface area (Å²) in [6, 6.07) is 9.34. The minimum atomic E-state index is -3.76. The number of carboxylic acid groups (broad SMARTS) is 1. The Labute approximate surface area is 165 Å². The molecule has 0 spiro atoms. The molecule has 2 N–H and O–H groups in total. The Morgan fingerprint density at radius 2 is 1.93 bits per heavy atom. The highest BCUT2D eigenvalue weighted by Gasteiger charge is 2.22. The van der Waals surface area contributed by atoms with Gasteiger partial charge in [0, 0.05) is 6.20 Å². The summed E-state index contributed by atoms with van der Waals surface area (Å²) in [6.45, 7) is 1.70. The zero-order valence-corrected chi connectivity index (χ0v) is 16.3. The Bertz CT molecular complexity index is 1340. The van der Waals surface area contributed by atoms with Gasteiger partial charge in [0.15, 0.2) is 0 Å². The number of carbonyl (C=O) groups is 1. The van der Waals surface area contributed by atoms with Crippen molar-refractivity contribution < 1.29 is 23.1 Å². The second kappa shape index (κ2) is 6.74. The van der Waals surface area contributed by atoms with Crippen LogP contribution in [0.2, 0.25) is 0 Å². The van der Waals surface area contributed by atoms with Crippen LogP contribution in [0, 0.1) is 6.92 Å². The first kappa shape index (κ1) is 18.7. The summed E-state index contributed by atoms with van der Waals surface area (Å²) in [5.41, 5.74) is 1.60. The summed E-state index contributed by atoms with van der Waals surface area (Å²) < 4.78 is 32.5. The second-order valence-electron chi connectivity index (χ2n) is 6.35. The van der Waals surface area contributed by atoms with Gasteiger partial charge in [0.2, 0.25) is 15.8 Å². The van der Waals surface area contributed by atoms with E-state index in [4.69, 9.17) is 9.84 Å². The number of fused-ring (bicyclic) bond motifs is 1. The topological polar surface area (TPSA) is 127 Å². The van der Waals surface area contributed by atoms with Crippen molar-refractivity contribution >= 4 is 26.8 Å². The molecule has 9 nitrogen and oxygen atoms in total. The zero-order chi connectivity index (χ0) is 20.8. The number of sulfone groups is 1. The van der Waals surface area contributed by atoms with Crippen LogP contribution in [0.15, 0.2) is 58.6 Å². The molecule has 2 heterocycles. The van der Waals surface area contributed by atoms with Gasteiger partial charge in [-0.25, -0.2) is 22.9 Å². The smallest absolute Gasteiger partial charge is 0.338 e. The third-order valence-corrected chi connectivity index (χ3v) is 6.38. The third-order valence-electron chi connectivity index (χ3n) is 4.47. The lowest BCUT2D eigenvalue weighted by atomic mass is 10.2. The van der Waals surface area contributed by atoms with Crippen LogP contribution in [0.5, 0.6) is 5.75 Å². The highest BCUT2D eigenvalue weighted by Crippen LogP contribution is 2.28. The van der Waals surface area contributed by atoms with Crippen LogP contribution in [0.25, 0.3) is 17.0 Å². The maximum Gasteiger partial charge on any atom is 0.338 e. The maximum atomic E-state index is 13.1. The molecular formula is C19H16N4O5S. The van der Waals surface area contributed by atoms with Gasteiger partial charge < -0.3 is 14.8 Å². The fraction of sp³-hybridized carbons (Fsp3) is 0.105. The number of imidazole rings is 1. The molecule has 0 aliphatic carbocycles. The molecule has 10 heteroatoms. The van der Waals surface area contributed by atoms with Crippen LogP contribution in [-0.2, 0) is 9.84 Å². The van der Waals surface area contributed by atoms with Gasteiger partial charge in [-0.05, 0) is 48.9 Å². The van der Waals surface area contributed by atoms with Gasteiger partial charge in [-0.3, -0.25) is 0 Å². The number of nitrogens with one attached hydrogen (secondary N) is 1. The number of aromatic nitrogens is 4. The van der Waals surface area contributed by atoms with E-state index in [1.807, 2.05) is 0 Å². The standard InChI is InChI=1S/C19H16N4O5S/c1-11-7-15-16(22-19(21-15)23-10-12(9-20-23)18(24)25)8-17(11)29(26,27)14-5-3-13(28-2)4-6-14/h3-10H,1-2H3,(H,21,22)(H,24,25). The van der Waals surface area contributed by atoms with E-state index in [0.717, 1.165) is 0 Å². The predicted molar refractivity (Wildman–Crippen MR) is 103 cm³/mol. The van der Waals surface area contributed by atoms with Crippen molar-refractivity contribution in [3.8, 4) is 11.7 Å². The molecule has 0 unspecified atom stereocenters. The van der Waals surface area contributed by atoms with E-state index in [9.17, 15) is 13.2 Å². The molecule has 0 amide bonds. The van der Waals surface area contributed by atoms with Gasteiger partial charge in [0.25, 0.3) is 0 Å². The predicted octanol–water partition coefficient (Wildman–Crippen LogP) is 2.60. The number of aromatic amines is 1. The molecule has 2 aromatic heterocycles. The second-order valence-corrected chi connectivity index (χ2v) is 8.27. The number of methoxy groups -OCH3 is 1. The number of H-pyrrole nitrogens is 1. The first-order valence-electron chi connectivity index (χ1n) is 8.47. The van der Waals surface area contributed by atoms with Crippen molar-refractivity contribution in [3.05, 3.63) is 59.9 Å². The third kappa shape index (κ3) is 3.23. The Hall–Kier alpha value is -3.66. The Morgan fingerprint density at radius 3 is 2.55 bits per heavy atom. The van der Waals surface area contributed by atoms with Gasteiger partial charge in [-0.1, -0.05) is 0 Å². The summed E-state index contributed by atoms with van der Waals surface area (Å²) in [4.78, 5) is 18.7. The van der Waals surface area contributed by atoms with E-state index >= 15 is 0 Å². The summed E-state index contributed by atoms with van der Waals surface area (Å²) >= 11 is 0. The van der Waals surface area contributed by atoms with Crippen molar-refractivity contribution in [2.75, 3.05) is 7.11 Å². The van der Waals surface area contributed by atoms with E-state index in [1.165, 1.54) is 42.4 Å². The molecule has 0 aliphatic heterocycles. The first-order valence-corrected chi connectivity index (χ1v) is 9.96. The summed E-state index contributed by atoms with van der Waals surface area (Å²) in [7, 11) is -2.25. The Morgan fingerprint density at radius 1 is 1.21 bits per heavy atom. The number of carboxylic acids is 1. The molecule has 4 aromatic rings. The number of hydrogen-bond acceptors (Lipinski definition) is 6. The number of hydrogen-bond donors (Lipinski definition) is 2. The number of nitrogens with zero attached hydrogens (tertiary/aromatic N) is 3. The van der Waals surface area contributed by atoms with Crippen LogP contribution in [0.4, 0.5) is 0 Å². The van der Waals surface area contributed by atoms with Gasteiger partial charge in [0.05, 0.1) is 39.7 Å². The average Bonchev–Trinajstić information content (AvgIpc) is 3.34. The minimum absolute atomic E-state index is 0.0180. The molecule has 0 saturated carbocycles. The average molecular weight is 412 g/mol. The van der Waals surface area contributed by atoms with Gasteiger partial charge in [0.1, 0.15) is 5.75 Å². The van der Waals surface area contributed by atoms with E-state index in [2.05, 4.69) is 15.1 Å². The van der Waals surface area contributed by atoms with E-state index in [-0.39, 0.29) is 21.3 Å². The SMILES string of the molecule is COc1ccc(S(=O)(=O)c2cc3nc(-n4cc(C(=O)O)cn4)[nH]c3cc2C)cc1.